The zero-order chi connectivity index (χ0) is 25.5. The van der Waals surface area contributed by atoms with E-state index in [1.165, 1.54) is 42.9 Å². The van der Waals surface area contributed by atoms with E-state index in [0.29, 0.717) is 24.6 Å². The predicted molar refractivity (Wildman–Crippen MR) is 144 cm³/mol. The van der Waals surface area contributed by atoms with Gasteiger partial charge < -0.3 is 21.4 Å². The molecule has 10 heteroatoms. The lowest BCUT2D eigenvalue weighted by atomic mass is 9.89. The van der Waals surface area contributed by atoms with E-state index in [1.807, 2.05) is 24.3 Å². The van der Waals surface area contributed by atoms with Crippen molar-refractivity contribution in [2.45, 2.75) is 38.6 Å². The van der Waals surface area contributed by atoms with Crippen LogP contribution < -0.4 is 22.2 Å². The molecule has 2 amide bonds. The number of fused-ring (bicyclic) bond motifs is 1. The van der Waals surface area contributed by atoms with Crippen LogP contribution in [0.25, 0.3) is 10.8 Å². The van der Waals surface area contributed by atoms with Gasteiger partial charge in [-0.3, -0.25) is 9.59 Å². The number of halogens is 1. The first-order valence-electron chi connectivity index (χ1n) is 12.0. The molecule has 0 saturated heterocycles. The Morgan fingerprint density at radius 2 is 1.86 bits per heavy atom. The molecule has 0 spiro atoms. The van der Waals surface area contributed by atoms with E-state index in [-0.39, 0.29) is 17.4 Å². The molecule has 0 radical (unpaired) electrons. The number of benzene rings is 2. The van der Waals surface area contributed by atoms with Crippen molar-refractivity contribution in [2.75, 3.05) is 11.9 Å². The lowest BCUT2D eigenvalue weighted by Gasteiger charge is -2.21. The van der Waals surface area contributed by atoms with E-state index < -0.39 is 5.91 Å². The number of carbonyl (C=O) groups excluding carboxylic acids is 2. The lowest BCUT2D eigenvalue weighted by Crippen LogP contribution is -2.32. The van der Waals surface area contributed by atoms with Crippen LogP contribution in [0.3, 0.4) is 0 Å². The number of nitrogens with two attached hydrogens (primary N) is 2. The standard InChI is InChI=1S/C26H30BrN7O2/c27-21-8-4-7-19-20(10-9-18(22(19)21)16-34(29)14-11-28)25(35)33-24-23(30-12-13-31-24)26(36)32-15-17-5-2-1-3-6-17/h4,7-14,17H,1-3,5-6,15-16,28-29H2,(H,32,36)(H,31,33,35)/b14-11-. The number of amides is 2. The summed E-state index contributed by atoms with van der Waals surface area (Å²) in [6.07, 6.45) is 11.7. The van der Waals surface area contributed by atoms with Gasteiger partial charge in [0.15, 0.2) is 11.5 Å². The molecular formula is C26H30BrN7O2. The minimum atomic E-state index is -0.391. The van der Waals surface area contributed by atoms with Gasteiger partial charge in [0.05, 0.1) is 6.54 Å². The molecule has 0 unspecified atom stereocenters. The molecule has 3 aromatic rings. The highest BCUT2D eigenvalue weighted by molar-refractivity contribution is 9.10. The quantitative estimate of drug-likeness (QED) is 0.244. The molecule has 1 fully saturated rings. The first kappa shape index (κ1) is 25.6. The van der Waals surface area contributed by atoms with Crippen molar-refractivity contribution in [1.29, 1.82) is 0 Å². The zero-order valence-electron chi connectivity index (χ0n) is 19.9. The summed E-state index contributed by atoms with van der Waals surface area (Å²) >= 11 is 3.60. The Morgan fingerprint density at radius 1 is 1.08 bits per heavy atom. The molecular weight excluding hydrogens is 522 g/mol. The number of aromatic nitrogens is 2. The highest BCUT2D eigenvalue weighted by Gasteiger charge is 2.21. The Balaban J connectivity index is 1.57. The van der Waals surface area contributed by atoms with Crippen LogP contribution in [0.4, 0.5) is 5.82 Å². The summed E-state index contributed by atoms with van der Waals surface area (Å²) in [5.41, 5.74) is 6.89. The van der Waals surface area contributed by atoms with Gasteiger partial charge in [-0.05, 0) is 41.8 Å². The van der Waals surface area contributed by atoms with Gasteiger partial charge in [0.25, 0.3) is 11.8 Å². The number of hydrazine groups is 1. The molecule has 4 rings (SSSR count). The largest absolute Gasteiger partial charge is 0.403 e. The average molecular weight is 552 g/mol. The van der Waals surface area contributed by atoms with Crippen LogP contribution in [0.2, 0.25) is 0 Å². The number of nitrogens with zero attached hydrogens (tertiary/aromatic N) is 3. The molecule has 0 atom stereocenters. The number of hydrogen-bond donors (Lipinski definition) is 4. The average Bonchev–Trinajstić information content (AvgIpc) is 2.88. The summed E-state index contributed by atoms with van der Waals surface area (Å²) in [5, 5.41) is 8.81. The van der Waals surface area contributed by atoms with Crippen molar-refractivity contribution in [3.8, 4) is 0 Å². The van der Waals surface area contributed by atoms with Crippen molar-refractivity contribution in [1.82, 2.24) is 20.3 Å². The SMILES string of the molecule is N/C=C\N(N)Cc1ccc(C(=O)Nc2nccnc2C(=O)NCC2CCCCC2)c2cccc(Br)c12. The minimum absolute atomic E-state index is 0.0936. The summed E-state index contributed by atoms with van der Waals surface area (Å²) in [5.74, 6) is 5.86. The van der Waals surface area contributed by atoms with Crippen LogP contribution in [0.1, 0.15) is 58.5 Å². The van der Waals surface area contributed by atoms with Crippen LogP contribution in [-0.2, 0) is 6.54 Å². The van der Waals surface area contributed by atoms with Gasteiger partial charge in [0.2, 0.25) is 0 Å². The van der Waals surface area contributed by atoms with Gasteiger partial charge in [-0.1, -0.05) is 53.4 Å². The minimum Gasteiger partial charge on any atom is -0.403 e. The highest BCUT2D eigenvalue weighted by Crippen LogP contribution is 2.31. The second kappa shape index (κ2) is 12.0. The molecule has 1 aliphatic rings. The topological polar surface area (TPSA) is 139 Å². The second-order valence-corrected chi connectivity index (χ2v) is 9.72. The fourth-order valence-electron chi connectivity index (χ4n) is 4.60. The van der Waals surface area contributed by atoms with Gasteiger partial charge in [0, 0.05) is 46.8 Å². The number of rotatable bonds is 8. The van der Waals surface area contributed by atoms with Gasteiger partial charge in [-0.25, -0.2) is 15.8 Å². The predicted octanol–water partition coefficient (Wildman–Crippen LogP) is 4.06. The number of hydrogen-bond acceptors (Lipinski definition) is 7. The Bertz CT molecular complexity index is 1270. The van der Waals surface area contributed by atoms with E-state index >= 15 is 0 Å². The third-order valence-corrected chi connectivity index (χ3v) is 7.03. The molecule has 0 bridgehead atoms. The molecule has 1 heterocycles. The molecule has 0 aliphatic heterocycles. The van der Waals surface area contributed by atoms with Crippen molar-refractivity contribution < 1.29 is 9.59 Å². The monoisotopic (exact) mass is 551 g/mol. The summed E-state index contributed by atoms with van der Waals surface area (Å²) in [4.78, 5) is 34.7. The van der Waals surface area contributed by atoms with E-state index in [0.717, 1.165) is 33.7 Å². The lowest BCUT2D eigenvalue weighted by molar-refractivity contribution is 0.0939. The third-order valence-electron chi connectivity index (χ3n) is 6.37. The van der Waals surface area contributed by atoms with Crippen molar-refractivity contribution in [3.63, 3.8) is 0 Å². The smallest absolute Gasteiger partial charge is 0.273 e. The van der Waals surface area contributed by atoms with E-state index in [1.54, 1.807) is 12.3 Å². The van der Waals surface area contributed by atoms with Gasteiger partial charge in [-0.15, -0.1) is 0 Å². The molecule has 188 valence electrons. The number of anilines is 1. The molecule has 1 aliphatic carbocycles. The molecule has 9 nitrogen and oxygen atoms in total. The van der Waals surface area contributed by atoms with Crippen LogP contribution in [-0.4, -0.2) is 33.3 Å². The van der Waals surface area contributed by atoms with Crippen LogP contribution in [0.15, 0.2) is 59.6 Å². The molecule has 36 heavy (non-hydrogen) atoms. The molecule has 1 aromatic heterocycles. The number of nitrogens with one attached hydrogen (secondary N) is 2. The van der Waals surface area contributed by atoms with E-state index in [4.69, 9.17) is 11.6 Å². The Morgan fingerprint density at radius 3 is 2.64 bits per heavy atom. The van der Waals surface area contributed by atoms with Crippen molar-refractivity contribution in [2.24, 2.45) is 17.5 Å². The summed E-state index contributed by atoms with van der Waals surface area (Å²) in [6, 6.07) is 9.22. The summed E-state index contributed by atoms with van der Waals surface area (Å²) in [6.45, 7) is 0.991. The van der Waals surface area contributed by atoms with E-state index in [2.05, 4.69) is 36.5 Å². The highest BCUT2D eigenvalue weighted by atomic mass is 79.9. The second-order valence-electron chi connectivity index (χ2n) is 8.87. The third kappa shape index (κ3) is 6.00. The Hall–Kier alpha value is -3.50. The van der Waals surface area contributed by atoms with Crippen LogP contribution in [0.5, 0.6) is 0 Å². The molecule has 6 N–H and O–H groups in total. The van der Waals surface area contributed by atoms with Gasteiger partial charge in [-0.2, -0.15) is 0 Å². The Kier molecular flexibility index (Phi) is 8.50. The fraction of sp³-hybridized carbons (Fsp3) is 0.308. The fourth-order valence-corrected chi connectivity index (χ4v) is 5.23. The number of carbonyl (C=O) groups is 2. The Labute approximate surface area is 218 Å². The van der Waals surface area contributed by atoms with E-state index in [9.17, 15) is 9.59 Å². The normalized spacial score (nSPS) is 14.2. The first-order chi connectivity index (χ1) is 17.5. The van der Waals surface area contributed by atoms with Gasteiger partial charge in [0.1, 0.15) is 0 Å². The van der Waals surface area contributed by atoms with Gasteiger partial charge >= 0.3 is 0 Å². The maximum atomic E-state index is 13.4. The van der Waals surface area contributed by atoms with Crippen molar-refractivity contribution in [3.05, 3.63) is 76.4 Å². The molecule has 1 saturated carbocycles. The van der Waals surface area contributed by atoms with Crippen molar-refractivity contribution >= 4 is 44.3 Å². The maximum absolute atomic E-state index is 13.4. The summed E-state index contributed by atoms with van der Waals surface area (Å²) < 4.78 is 0.831. The molecule has 2 aromatic carbocycles. The maximum Gasteiger partial charge on any atom is 0.273 e. The summed E-state index contributed by atoms with van der Waals surface area (Å²) in [7, 11) is 0. The van der Waals surface area contributed by atoms with Crippen LogP contribution in [0, 0.1) is 5.92 Å². The zero-order valence-corrected chi connectivity index (χ0v) is 21.5. The first-order valence-corrected chi connectivity index (χ1v) is 12.8. The van der Waals surface area contributed by atoms with Crippen LogP contribution >= 0.6 is 15.9 Å².